The summed E-state index contributed by atoms with van der Waals surface area (Å²) in [6, 6.07) is 22.6. The van der Waals surface area contributed by atoms with Gasteiger partial charge in [0.05, 0.1) is 18.7 Å². The standard InChI is InChI=1S/C25H21NO4/c1-16-8-12-19(13-9-16)26-22(17-10-14-20(30-2)15-11-17)21(24(28)25(26)29)23(27)18-6-4-3-5-7-18/h3-15,22,27H,1-2H3/t22-/m0/s1. The minimum atomic E-state index is -0.751. The number of aliphatic hydroxyl groups is 1. The Morgan fingerprint density at radius 3 is 2.13 bits per heavy atom. The Bertz CT molecular complexity index is 1120. The quantitative estimate of drug-likeness (QED) is 0.395. The van der Waals surface area contributed by atoms with E-state index in [1.807, 2.05) is 25.1 Å². The number of aryl methyl sites for hydroxylation is 1. The van der Waals surface area contributed by atoms with Gasteiger partial charge in [0.15, 0.2) is 0 Å². The molecule has 4 rings (SSSR count). The predicted octanol–water partition coefficient (Wildman–Crippen LogP) is 4.63. The number of methoxy groups -OCH3 is 1. The van der Waals surface area contributed by atoms with Crippen molar-refractivity contribution in [2.75, 3.05) is 12.0 Å². The molecule has 5 heteroatoms. The maximum Gasteiger partial charge on any atom is 0.300 e. The van der Waals surface area contributed by atoms with Gasteiger partial charge in [0.2, 0.25) is 0 Å². The van der Waals surface area contributed by atoms with Crippen molar-refractivity contribution < 1.29 is 19.4 Å². The van der Waals surface area contributed by atoms with Crippen LogP contribution < -0.4 is 9.64 Å². The molecular formula is C25H21NO4. The molecule has 1 aliphatic rings. The second kappa shape index (κ2) is 7.87. The number of Topliss-reactive ketones (excluding diaryl/α,β-unsaturated/α-hetero) is 1. The number of nitrogens with zero attached hydrogens (tertiary/aromatic N) is 1. The average molecular weight is 399 g/mol. The molecule has 5 nitrogen and oxygen atoms in total. The van der Waals surface area contributed by atoms with Crippen molar-refractivity contribution in [2.24, 2.45) is 0 Å². The number of aliphatic hydroxyl groups excluding tert-OH is 1. The number of carbonyl (C=O) groups is 2. The molecule has 0 bridgehead atoms. The van der Waals surface area contributed by atoms with Gasteiger partial charge < -0.3 is 9.84 Å². The molecular weight excluding hydrogens is 378 g/mol. The van der Waals surface area contributed by atoms with Gasteiger partial charge in [-0.1, -0.05) is 60.2 Å². The molecule has 0 radical (unpaired) electrons. The van der Waals surface area contributed by atoms with E-state index in [4.69, 9.17) is 4.74 Å². The third-order valence-electron chi connectivity index (χ3n) is 5.24. The summed E-state index contributed by atoms with van der Waals surface area (Å²) >= 11 is 0. The number of amides is 1. The number of rotatable bonds is 4. The van der Waals surface area contributed by atoms with Gasteiger partial charge in [-0.25, -0.2) is 0 Å². The first-order valence-electron chi connectivity index (χ1n) is 9.58. The Balaban J connectivity index is 1.92. The van der Waals surface area contributed by atoms with E-state index >= 15 is 0 Å². The molecule has 1 heterocycles. The molecule has 30 heavy (non-hydrogen) atoms. The highest BCUT2D eigenvalue weighted by atomic mass is 16.5. The predicted molar refractivity (Wildman–Crippen MR) is 115 cm³/mol. The fourth-order valence-electron chi connectivity index (χ4n) is 3.66. The zero-order valence-electron chi connectivity index (χ0n) is 16.7. The number of carbonyl (C=O) groups excluding carboxylic acids is 2. The van der Waals surface area contributed by atoms with Crippen LogP contribution in [0.4, 0.5) is 5.69 Å². The molecule has 1 atom stereocenters. The van der Waals surface area contributed by atoms with Crippen molar-refractivity contribution >= 4 is 23.1 Å². The zero-order valence-corrected chi connectivity index (χ0v) is 16.7. The van der Waals surface area contributed by atoms with E-state index in [2.05, 4.69) is 0 Å². The van der Waals surface area contributed by atoms with Crippen LogP contribution in [0.5, 0.6) is 5.75 Å². The van der Waals surface area contributed by atoms with Crippen LogP contribution in [0.3, 0.4) is 0 Å². The largest absolute Gasteiger partial charge is 0.507 e. The molecule has 3 aromatic rings. The average Bonchev–Trinajstić information content (AvgIpc) is 3.05. The summed E-state index contributed by atoms with van der Waals surface area (Å²) < 4.78 is 5.23. The SMILES string of the molecule is COc1ccc([C@H]2C(=C(O)c3ccccc3)C(=O)C(=O)N2c2ccc(C)cc2)cc1. The first kappa shape index (κ1) is 19.5. The summed E-state index contributed by atoms with van der Waals surface area (Å²) in [7, 11) is 1.57. The van der Waals surface area contributed by atoms with Crippen LogP contribution in [-0.2, 0) is 9.59 Å². The molecule has 150 valence electrons. The van der Waals surface area contributed by atoms with Crippen LogP contribution in [0, 0.1) is 6.92 Å². The number of hydrogen-bond acceptors (Lipinski definition) is 4. The molecule has 1 aliphatic heterocycles. The monoisotopic (exact) mass is 399 g/mol. The molecule has 0 unspecified atom stereocenters. The van der Waals surface area contributed by atoms with Crippen molar-refractivity contribution in [1.82, 2.24) is 0 Å². The number of benzene rings is 3. The van der Waals surface area contributed by atoms with E-state index in [-0.39, 0.29) is 11.3 Å². The van der Waals surface area contributed by atoms with Crippen LogP contribution in [0.1, 0.15) is 22.7 Å². The topological polar surface area (TPSA) is 66.8 Å². The molecule has 0 aromatic heterocycles. The zero-order chi connectivity index (χ0) is 21.3. The molecule has 0 aliphatic carbocycles. The maximum atomic E-state index is 13.1. The van der Waals surface area contributed by atoms with Gasteiger partial charge in [-0.15, -0.1) is 0 Å². The van der Waals surface area contributed by atoms with Crippen LogP contribution in [0.15, 0.2) is 84.4 Å². The summed E-state index contributed by atoms with van der Waals surface area (Å²) in [5.74, 6) is -0.909. The lowest BCUT2D eigenvalue weighted by molar-refractivity contribution is -0.132. The van der Waals surface area contributed by atoms with E-state index < -0.39 is 17.7 Å². The van der Waals surface area contributed by atoms with E-state index in [0.717, 1.165) is 5.56 Å². The summed E-state index contributed by atoms with van der Waals surface area (Å²) in [6.45, 7) is 1.95. The fraction of sp³-hybridized carbons (Fsp3) is 0.120. The number of ketones is 1. The summed E-state index contributed by atoms with van der Waals surface area (Å²) in [5.41, 5.74) is 2.89. The van der Waals surface area contributed by atoms with Gasteiger partial charge in [-0.05, 0) is 36.8 Å². The van der Waals surface area contributed by atoms with Gasteiger partial charge >= 0.3 is 0 Å². The lowest BCUT2D eigenvalue weighted by Crippen LogP contribution is -2.29. The van der Waals surface area contributed by atoms with E-state index in [1.54, 1.807) is 67.8 Å². The normalized spacial score (nSPS) is 17.9. The van der Waals surface area contributed by atoms with Crippen LogP contribution in [0.2, 0.25) is 0 Å². The summed E-state index contributed by atoms with van der Waals surface area (Å²) in [5, 5.41) is 11.0. The fourth-order valence-corrected chi connectivity index (χ4v) is 3.66. The van der Waals surface area contributed by atoms with Crippen LogP contribution in [-0.4, -0.2) is 23.9 Å². The van der Waals surface area contributed by atoms with Crippen molar-refractivity contribution in [3.05, 3.63) is 101 Å². The number of anilines is 1. The first-order chi connectivity index (χ1) is 14.5. The van der Waals surface area contributed by atoms with Gasteiger partial charge in [0, 0.05) is 11.3 Å². The van der Waals surface area contributed by atoms with Gasteiger partial charge in [-0.3, -0.25) is 14.5 Å². The second-order valence-corrected chi connectivity index (χ2v) is 7.14. The van der Waals surface area contributed by atoms with E-state index in [0.29, 0.717) is 22.6 Å². The highest BCUT2D eigenvalue weighted by Gasteiger charge is 2.46. The maximum absolute atomic E-state index is 13.1. The number of hydrogen-bond donors (Lipinski definition) is 1. The third kappa shape index (κ3) is 3.35. The number of ether oxygens (including phenoxy) is 1. The molecule has 1 fully saturated rings. The van der Waals surface area contributed by atoms with E-state index in [9.17, 15) is 14.7 Å². The Labute approximate surface area is 174 Å². The summed E-state index contributed by atoms with van der Waals surface area (Å²) in [4.78, 5) is 27.5. The third-order valence-corrected chi connectivity index (χ3v) is 5.24. The molecule has 3 aromatic carbocycles. The van der Waals surface area contributed by atoms with Gasteiger partial charge in [0.25, 0.3) is 11.7 Å². The Morgan fingerprint density at radius 1 is 0.900 bits per heavy atom. The van der Waals surface area contributed by atoms with Crippen molar-refractivity contribution in [1.29, 1.82) is 0 Å². The van der Waals surface area contributed by atoms with Crippen molar-refractivity contribution in [3.63, 3.8) is 0 Å². The lowest BCUT2D eigenvalue weighted by Gasteiger charge is -2.25. The minimum absolute atomic E-state index is 0.0666. The van der Waals surface area contributed by atoms with Crippen LogP contribution in [0.25, 0.3) is 5.76 Å². The smallest absolute Gasteiger partial charge is 0.300 e. The lowest BCUT2D eigenvalue weighted by atomic mass is 9.95. The Morgan fingerprint density at radius 2 is 1.53 bits per heavy atom. The van der Waals surface area contributed by atoms with Crippen molar-refractivity contribution in [3.8, 4) is 5.75 Å². The minimum Gasteiger partial charge on any atom is -0.507 e. The Kier molecular flexibility index (Phi) is 5.11. The second-order valence-electron chi connectivity index (χ2n) is 7.14. The highest BCUT2D eigenvalue weighted by Crippen LogP contribution is 2.42. The van der Waals surface area contributed by atoms with Gasteiger partial charge in [0.1, 0.15) is 11.5 Å². The molecule has 1 saturated heterocycles. The summed E-state index contributed by atoms with van der Waals surface area (Å²) in [6.07, 6.45) is 0. The highest BCUT2D eigenvalue weighted by molar-refractivity contribution is 6.51. The van der Waals surface area contributed by atoms with Crippen molar-refractivity contribution in [2.45, 2.75) is 13.0 Å². The molecule has 0 saturated carbocycles. The molecule has 1 amide bonds. The first-order valence-corrected chi connectivity index (χ1v) is 9.58. The van der Waals surface area contributed by atoms with E-state index in [1.165, 1.54) is 4.90 Å². The Hall–Kier alpha value is -3.86. The molecule has 0 spiro atoms. The molecule has 1 N–H and O–H groups in total. The van der Waals surface area contributed by atoms with Crippen LogP contribution >= 0.6 is 0 Å². The van der Waals surface area contributed by atoms with Gasteiger partial charge in [-0.2, -0.15) is 0 Å².